The summed E-state index contributed by atoms with van der Waals surface area (Å²) in [6.07, 6.45) is 0.418. The molecule has 0 saturated carbocycles. The third-order valence-corrected chi connectivity index (χ3v) is 3.02. The summed E-state index contributed by atoms with van der Waals surface area (Å²) in [5, 5.41) is 50.8. The van der Waals surface area contributed by atoms with Crippen molar-refractivity contribution in [1.29, 1.82) is 0 Å². The summed E-state index contributed by atoms with van der Waals surface area (Å²) in [5.74, 6) is -1.23. The molecular formula is C14H33BN2O8. The predicted octanol–water partition coefficient (Wildman–Crippen LogP) is -1.96. The van der Waals surface area contributed by atoms with E-state index in [1.165, 1.54) is 0 Å². The number of carbonyl (C=O) groups excluding carboxylic acids is 1. The second-order valence-electron chi connectivity index (χ2n) is 6.76. The monoisotopic (exact) mass is 368 g/mol. The van der Waals surface area contributed by atoms with E-state index in [1.807, 2.05) is 13.8 Å². The third-order valence-electron chi connectivity index (χ3n) is 3.02. The summed E-state index contributed by atoms with van der Waals surface area (Å²) in [6, 6.07) is -0.823. The lowest BCUT2D eigenvalue weighted by molar-refractivity contribution is -0.142. The van der Waals surface area contributed by atoms with Crippen molar-refractivity contribution in [2.75, 3.05) is 6.54 Å². The number of hydrogen-bond donors (Lipinski definition) is 8. The second-order valence-corrected chi connectivity index (χ2v) is 6.76. The number of carbonyl (C=O) groups is 2. The lowest BCUT2D eigenvalue weighted by Gasteiger charge is -2.31. The number of aliphatic carboxylic acids is 1. The second kappa shape index (κ2) is 13.0. The quantitative estimate of drug-likeness (QED) is 0.246. The smallest absolute Gasteiger partial charge is 0.480 e. The minimum absolute atomic E-state index is 0.179. The Labute approximate surface area is 148 Å². The van der Waals surface area contributed by atoms with Gasteiger partial charge in [-0.25, -0.2) is 4.79 Å². The van der Waals surface area contributed by atoms with Crippen LogP contribution in [0.25, 0.3) is 0 Å². The molecule has 0 spiro atoms. The molecule has 0 fully saturated rings. The Hall–Kier alpha value is -1.24. The van der Waals surface area contributed by atoms with E-state index in [-0.39, 0.29) is 12.5 Å². The Morgan fingerprint density at radius 3 is 1.52 bits per heavy atom. The van der Waals surface area contributed by atoms with Crippen LogP contribution < -0.4 is 11.1 Å². The molecule has 1 atom stereocenters. The van der Waals surface area contributed by atoms with Crippen LogP contribution in [0.3, 0.4) is 0 Å². The van der Waals surface area contributed by atoms with Crippen molar-refractivity contribution in [3.05, 3.63) is 0 Å². The van der Waals surface area contributed by atoms with Gasteiger partial charge in [0.1, 0.15) is 6.04 Å². The number of carboxylic acids is 1. The molecule has 10 nitrogen and oxygen atoms in total. The van der Waals surface area contributed by atoms with Crippen LogP contribution in [-0.2, 0) is 9.59 Å². The molecule has 11 heteroatoms. The Balaban J connectivity index is -0.000000342. The predicted molar refractivity (Wildman–Crippen MR) is 93.1 cm³/mol. The van der Waals surface area contributed by atoms with Gasteiger partial charge in [0.15, 0.2) is 0 Å². The first-order chi connectivity index (χ1) is 11.0. The zero-order valence-electron chi connectivity index (χ0n) is 15.7. The molecule has 0 bridgehead atoms. The van der Waals surface area contributed by atoms with Gasteiger partial charge in [-0.15, -0.1) is 0 Å². The summed E-state index contributed by atoms with van der Waals surface area (Å²) in [4.78, 5) is 21.4. The first-order valence-electron chi connectivity index (χ1n) is 7.66. The lowest BCUT2D eigenvalue weighted by Crippen LogP contribution is -2.44. The third kappa shape index (κ3) is 20.7. The Bertz CT molecular complexity index is 363. The maximum atomic E-state index is 10.8. The molecule has 0 aromatic rings. The van der Waals surface area contributed by atoms with E-state index in [0.29, 0.717) is 6.42 Å². The van der Waals surface area contributed by atoms with Gasteiger partial charge in [-0.05, 0) is 40.0 Å². The molecule has 0 aliphatic heterocycles. The number of hydrogen-bond acceptors (Lipinski definition) is 8. The fourth-order valence-corrected chi connectivity index (χ4v) is 0.946. The van der Waals surface area contributed by atoms with E-state index in [9.17, 15) is 9.59 Å². The van der Waals surface area contributed by atoms with Gasteiger partial charge in [-0.3, -0.25) is 4.79 Å². The minimum atomic E-state index is -2.17. The highest BCUT2D eigenvalue weighted by Crippen LogP contribution is 2.19. The van der Waals surface area contributed by atoms with Gasteiger partial charge < -0.3 is 41.4 Å². The average molecular weight is 368 g/mol. The van der Waals surface area contributed by atoms with Crippen molar-refractivity contribution in [1.82, 2.24) is 5.32 Å². The molecule has 0 aromatic carbocycles. The molecule has 0 radical (unpaired) electrons. The van der Waals surface area contributed by atoms with Gasteiger partial charge in [0, 0.05) is 0 Å². The molecule has 0 aromatic heterocycles. The minimum Gasteiger partial charge on any atom is -0.480 e. The van der Waals surface area contributed by atoms with Gasteiger partial charge in [-0.2, -0.15) is 0 Å². The Kier molecular flexibility index (Phi) is 14.9. The normalized spacial score (nSPS) is 12.2. The SMILES string of the molecule is CC(C)(O)C(C)(C)O.CC(C)CC(NC(=O)CN)C(=O)O.OB(O)O. The van der Waals surface area contributed by atoms with E-state index in [0.717, 1.165) is 0 Å². The summed E-state index contributed by atoms with van der Waals surface area (Å²) >= 11 is 0. The molecule has 150 valence electrons. The first-order valence-corrected chi connectivity index (χ1v) is 7.66. The van der Waals surface area contributed by atoms with E-state index in [4.69, 9.17) is 36.1 Å². The first kappa shape index (κ1) is 28.6. The number of carboxylic acid groups (broad SMARTS) is 1. The van der Waals surface area contributed by atoms with Gasteiger partial charge in [0.05, 0.1) is 17.7 Å². The van der Waals surface area contributed by atoms with Crippen LogP contribution in [0.15, 0.2) is 0 Å². The van der Waals surface area contributed by atoms with Crippen LogP contribution in [0.5, 0.6) is 0 Å². The van der Waals surface area contributed by atoms with Crippen LogP contribution in [0.4, 0.5) is 0 Å². The van der Waals surface area contributed by atoms with E-state index < -0.39 is 36.4 Å². The zero-order chi connectivity index (χ0) is 21.0. The van der Waals surface area contributed by atoms with Crippen LogP contribution in [0.1, 0.15) is 48.0 Å². The number of rotatable bonds is 6. The standard InChI is InChI=1S/C8H16N2O3.C6H14O2.BH3O3/c1-5(2)3-6(8(12)13)10-7(11)4-9;1-5(2,7)6(3,4)8;2-1(3)4/h5-6H,3-4,9H2,1-2H3,(H,10,11)(H,12,13);7-8H,1-4H3;2-4H. The van der Waals surface area contributed by atoms with Crippen LogP contribution in [0.2, 0.25) is 0 Å². The van der Waals surface area contributed by atoms with Crippen LogP contribution >= 0.6 is 0 Å². The van der Waals surface area contributed by atoms with E-state index in [1.54, 1.807) is 27.7 Å². The molecule has 0 saturated heterocycles. The Morgan fingerprint density at radius 2 is 1.36 bits per heavy atom. The number of nitrogens with two attached hydrogens (primary N) is 1. The number of nitrogens with one attached hydrogen (secondary N) is 1. The maximum Gasteiger partial charge on any atom is 0.631 e. The van der Waals surface area contributed by atoms with Crippen molar-refractivity contribution in [3.63, 3.8) is 0 Å². The summed E-state index contributed by atoms with van der Waals surface area (Å²) in [7, 11) is -2.17. The molecule has 0 rings (SSSR count). The van der Waals surface area contributed by atoms with Crippen molar-refractivity contribution < 1.29 is 40.0 Å². The number of amides is 1. The van der Waals surface area contributed by atoms with Crippen LogP contribution in [-0.4, -0.2) is 73.4 Å². The van der Waals surface area contributed by atoms with Gasteiger partial charge in [-0.1, -0.05) is 13.8 Å². The van der Waals surface area contributed by atoms with Crippen molar-refractivity contribution >= 4 is 19.2 Å². The fraction of sp³-hybridized carbons (Fsp3) is 0.857. The van der Waals surface area contributed by atoms with Crippen molar-refractivity contribution in [2.45, 2.75) is 65.2 Å². The van der Waals surface area contributed by atoms with E-state index in [2.05, 4.69) is 5.32 Å². The summed E-state index contributed by atoms with van der Waals surface area (Å²) in [5.41, 5.74) is 3.03. The van der Waals surface area contributed by atoms with Gasteiger partial charge in [0.2, 0.25) is 5.91 Å². The molecule has 1 amide bonds. The van der Waals surface area contributed by atoms with Gasteiger partial charge >= 0.3 is 13.3 Å². The summed E-state index contributed by atoms with van der Waals surface area (Å²) in [6.45, 7) is 9.91. The highest BCUT2D eigenvalue weighted by atomic mass is 16.5. The molecule has 0 aliphatic carbocycles. The Morgan fingerprint density at radius 1 is 1.04 bits per heavy atom. The molecule has 0 aliphatic rings. The van der Waals surface area contributed by atoms with Crippen LogP contribution in [0, 0.1) is 5.92 Å². The zero-order valence-corrected chi connectivity index (χ0v) is 15.7. The maximum absolute atomic E-state index is 10.8. The lowest BCUT2D eigenvalue weighted by atomic mass is 9.90. The average Bonchev–Trinajstić information content (AvgIpc) is 2.34. The highest BCUT2D eigenvalue weighted by Gasteiger charge is 2.31. The molecule has 25 heavy (non-hydrogen) atoms. The van der Waals surface area contributed by atoms with Gasteiger partial charge in [0.25, 0.3) is 0 Å². The summed E-state index contributed by atoms with van der Waals surface area (Å²) < 4.78 is 0. The largest absolute Gasteiger partial charge is 0.631 e. The topological polar surface area (TPSA) is 194 Å². The number of aliphatic hydroxyl groups is 2. The van der Waals surface area contributed by atoms with E-state index >= 15 is 0 Å². The molecule has 9 N–H and O–H groups in total. The van der Waals surface area contributed by atoms with Crippen molar-refractivity contribution in [2.24, 2.45) is 11.7 Å². The molecule has 1 unspecified atom stereocenters. The fourth-order valence-electron chi connectivity index (χ4n) is 0.946. The molecule has 0 heterocycles. The molecular weight excluding hydrogens is 335 g/mol. The highest BCUT2D eigenvalue weighted by molar-refractivity contribution is 6.30. The van der Waals surface area contributed by atoms with Crippen molar-refractivity contribution in [3.8, 4) is 0 Å².